The summed E-state index contributed by atoms with van der Waals surface area (Å²) in [5.41, 5.74) is 6.68. The van der Waals surface area contributed by atoms with Gasteiger partial charge >= 0.3 is 0 Å². The summed E-state index contributed by atoms with van der Waals surface area (Å²) in [7, 11) is 0. The van der Waals surface area contributed by atoms with Crippen LogP contribution in [0, 0.1) is 0 Å². The van der Waals surface area contributed by atoms with Gasteiger partial charge in [0.05, 0.1) is 6.54 Å². The van der Waals surface area contributed by atoms with E-state index in [1.807, 2.05) is 24.3 Å². The van der Waals surface area contributed by atoms with E-state index >= 15 is 0 Å². The molecule has 0 bridgehead atoms. The van der Waals surface area contributed by atoms with E-state index in [9.17, 15) is 0 Å². The predicted molar refractivity (Wildman–Crippen MR) is 69.0 cm³/mol. The number of rotatable bonds is 4. The van der Waals surface area contributed by atoms with Gasteiger partial charge in [0, 0.05) is 18.4 Å². The van der Waals surface area contributed by atoms with Gasteiger partial charge in [0.1, 0.15) is 11.6 Å². The molecule has 0 radical (unpaired) electrons. The number of aromatic nitrogens is 2. The highest BCUT2D eigenvalue weighted by Gasteiger charge is 2.08. The second-order valence-electron chi connectivity index (χ2n) is 3.61. The number of nitrogens with zero attached hydrogens (tertiary/aromatic N) is 3. The Balaban J connectivity index is 2.35. The lowest BCUT2D eigenvalue weighted by atomic mass is 10.3. The first-order valence-electron chi connectivity index (χ1n) is 5.69. The maximum atomic E-state index is 5.56. The molecule has 0 atom stereocenters. The minimum atomic E-state index is 0.361. The van der Waals surface area contributed by atoms with Crippen LogP contribution in [-0.4, -0.2) is 16.5 Å². The van der Waals surface area contributed by atoms with Crippen molar-refractivity contribution >= 4 is 11.5 Å². The van der Waals surface area contributed by atoms with Crippen LogP contribution in [0.4, 0.5) is 11.5 Å². The summed E-state index contributed by atoms with van der Waals surface area (Å²) in [6, 6.07) is 12.1. The first-order chi connectivity index (χ1) is 8.35. The Morgan fingerprint density at radius 3 is 2.59 bits per heavy atom. The van der Waals surface area contributed by atoms with Gasteiger partial charge in [0.2, 0.25) is 0 Å². The number of benzene rings is 1. The van der Waals surface area contributed by atoms with E-state index in [2.05, 4.69) is 33.9 Å². The van der Waals surface area contributed by atoms with E-state index < -0.39 is 0 Å². The van der Waals surface area contributed by atoms with Crippen molar-refractivity contribution in [3.8, 4) is 0 Å². The third-order valence-corrected chi connectivity index (χ3v) is 2.53. The molecular weight excluding hydrogens is 212 g/mol. The van der Waals surface area contributed by atoms with Gasteiger partial charge < -0.3 is 10.6 Å². The van der Waals surface area contributed by atoms with Crippen molar-refractivity contribution in [2.45, 2.75) is 13.5 Å². The zero-order valence-electron chi connectivity index (χ0n) is 9.87. The summed E-state index contributed by atoms with van der Waals surface area (Å²) in [6.45, 7) is 3.31. The summed E-state index contributed by atoms with van der Waals surface area (Å²) in [4.78, 5) is 10.7. The summed E-state index contributed by atoms with van der Waals surface area (Å²) < 4.78 is 0. The molecule has 4 heteroatoms. The third-order valence-electron chi connectivity index (χ3n) is 2.53. The fourth-order valence-corrected chi connectivity index (χ4v) is 1.72. The predicted octanol–water partition coefficient (Wildman–Crippen LogP) is 2.09. The minimum Gasteiger partial charge on any atom is -0.327 e. The summed E-state index contributed by atoms with van der Waals surface area (Å²) in [5.74, 6) is 1.55. The first-order valence-corrected chi connectivity index (χ1v) is 5.69. The number of nitrogens with two attached hydrogens (primary N) is 1. The topological polar surface area (TPSA) is 55.0 Å². The Morgan fingerprint density at radius 1 is 1.18 bits per heavy atom. The summed E-state index contributed by atoms with van der Waals surface area (Å²) in [5, 5.41) is 0. The minimum absolute atomic E-state index is 0.361. The van der Waals surface area contributed by atoms with Gasteiger partial charge in [-0.1, -0.05) is 18.2 Å². The van der Waals surface area contributed by atoms with Crippen LogP contribution in [0.5, 0.6) is 0 Å². The Kier molecular flexibility index (Phi) is 3.67. The van der Waals surface area contributed by atoms with E-state index in [4.69, 9.17) is 5.73 Å². The molecule has 1 heterocycles. The zero-order valence-corrected chi connectivity index (χ0v) is 9.87. The highest BCUT2D eigenvalue weighted by atomic mass is 15.2. The molecule has 1 aromatic heterocycles. The zero-order chi connectivity index (χ0) is 12.1. The van der Waals surface area contributed by atoms with E-state index in [-0.39, 0.29) is 0 Å². The molecule has 1 aromatic carbocycles. The van der Waals surface area contributed by atoms with Gasteiger partial charge in [-0.05, 0) is 25.1 Å². The molecule has 0 aliphatic rings. The maximum absolute atomic E-state index is 5.56. The molecule has 0 saturated heterocycles. The molecule has 4 nitrogen and oxygen atoms in total. The molecule has 0 aliphatic heterocycles. The number of anilines is 2. The van der Waals surface area contributed by atoms with Crippen molar-refractivity contribution in [2.75, 3.05) is 11.4 Å². The van der Waals surface area contributed by atoms with Gasteiger partial charge in [-0.15, -0.1) is 0 Å². The van der Waals surface area contributed by atoms with Crippen LogP contribution in [0.3, 0.4) is 0 Å². The van der Waals surface area contributed by atoms with Crippen LogP contribution < -0.4 is 10.6 Å². The fourth-order valence-electron chi connectivity index (χ4n) is 1.72. The van der Waals surface area contributed by atoms with Crippen LogP contribution in [0.25, 0.3) is 0 Å². The molecule has 88 valence electrons. The average Bonchev–Trinajstić information content (AvgIpc) is 2.41. The molecule has 17 heavy (non-hydrogen) atoms. The number of hydrogen-bond acceptors (Lipinski definition) is 4. The molecule has 2 rings (SSSR count). The average molecular weight is 228 g/mol. The monoisotopic (exact) mass is 228 g/mol. The Bertz CT molecular complexity index is 470. The van der Waals surface area contributed by atoms with Gasteiger partial charge in [-0.25, -0.2) is 9.97 Å². The highest BCUT2D eigenvalue weighted by molar-refractivity contribution is 5.59. The Morgan fingerprint density at radius 2 is 1.94 bits per heavy atom. The van der Waals surface area contributed by atoms with Crippen molar-refractivity contribution in [1.82, 2.24) is 9.97 Å². The van der Waals surface area contributed by atoms with Gasteiger partial charge in [0.25, 0.3) is 0 Å². The molecule has 0 unspecified atom stereocenters. The van der Waals surface area contributed by atoms with Crippen molar-refractivity contribution in [1.29, 1.82) is 0 Å². The number of hydrogen-bond donors (Lipinski definition) is 1. The van der Waals surface area contributed by atoms with Crippen LogP contribution in [0.15, 0.2) is 42.6 Å². The second-order valence-corrected chi connectivity index (χ2v) is 3.61. The SMILES string of the molecule is CCN(c1ccccc1)c1ccnc(CN)n1. The summed E-state index contributed by atoms with van der Waals surface area (Å²) in [6.07, 6.45) is 1.75. The first kappa shape index (κ1) is 11.5. The molecule has 0 amide bonds. The molecule has 0 saturated carbocycles. The second kappa shape index (κ2) is 5.41. The number of para-hydroxylation sites is 1. The largest absolute Gasteiger partial charge is 0.327 e. The quantitative estimate of drug-likeness (QED) is 0.870. The molecule has 0 spiro atoms. The van der Waals surface area contributed by atoms with Gasteiger partial charge in [0.15, 0.2) is 0 Å². The highest BCUT2D eigenvalue weighted by Crippen LogP contribution is 2.22. The smallest absolute Gasteiger partial charge is 0.144 e. The van der Waals surface area contributed by atoms with Gasteiger partial charge in [-0.3, -0.25) is 0 Å². The third kappa shape index (κ3) is 2.60. The lowest BCUT2D eigenvalue weighted by Gasteiger charge is -2.22. The standard InChI is InChI=1S/C13H16N4/c1-2-17(11-6-4-3-5-7-11)13-8-9-15-12(10-14)16-13/h3-9H,2,10,14H2,1H3. The van der Waals surface area contributed by atoms with Crippen LogP contribution in [0.2, 0.25) is 0 Å². The molecule has 2 aromatic rings. The maximum Gasteiger partial charge on any atom is 0.144 e. The van der Waals surface area contributed by atoms with Gasteiger partial charge in [-0.2, -0.15) is 0 Å². The lowest BCUT2D eigenvalue weighted by Crippen LogP contribution is -2.18. The van der Waals surface area contributed by atoms with E-state index in [1.54, 1.807) is 6.20 Å². The van der Waals surface area contributed by atoms with E-state index in [0.29, 0.717) is 12.4 Å². The van der Waals surface area contributed by atoms with Crippen molar-refractivity contribution < 1.29 is 0 Å². The van der Waals surface area contributed by atoms with Crippen molar-refractivity contribution in [3.63, 3.8) is 0 Å². The molecule has 0 aliphatic carbocycles. The van der Waals surface area contributed by atoms with E-state index in [0.717, 1.165) is 18.1 Å². The van der Waals surface area contributed by atoms with Crippen LogP contribution in [-0.2, 0) is 6.54 Å². The fraction of sp³-hybridized carbons (Fsp3) is 0.231. The molecule has 2 N–H and O–H groups in total. The van der Waals surface area contributed by atoms with Crippen molar-refractivity contribution in [3.05, 3.63) is 48.4 Å². The van der Waals surface area contributed by atoms with E-state index in [1.165, 1.54) is 0 Å². The van der Waals surface area contributed by atoms with Crippen molar-refractivity contribution in [2.24, 2.45) is 5.73 Å². The Labute approximate surface area is 101 Å². The van der Waals surface area contributed by atoms with Crippen LogP contribution >= 0.6 is 0 Å². The summed E-state index contributed by atoms with van der Waals surface area (Å²) >= 11 is 0. The van der Waals surface area contributed by atoms with Crippen LogP contribution in [0.1, 0.15) is 12.7 Å². The Hall–Kier alpha value is -1.94. The lowest BCUT2D eigenvalue weighted by molar-refractivity contribution is 0.883. The molecule has 0 fully saturated rings. The molecular formula is C13H16N4. The normalized spacial score (nSPS) is 10.2.